The molecule has 0 fully saturated rings. The molecule has 0 spiro atoms. The number of phenolic OH excluding ortho intramolecular Hbond substituents is 2. The Bertz CT molecular complexity index is 818. The first-order valence-corrected chi connectivity index (χ1v) is 11.9. The van der Waals surface area contributed by atoms with E-state index in [1.54, 1.807) is 36.4 Å². The lowest BCUT2D eigenvalue weighted by Gasteiger charge is -2.06. The van der Waals surface area contributed by atoms with Gasteiger partial charge in [-0.2, -0.15) is 0 Å². The average Bonchev–Trinajstić information content (AvgIpc) is 2.82. The maximum atomic E-state index is 11.6. The first-order chi connectivity index (χ1) is 16.0. The summed E-state index contributed by atoms with van der Waals surface area (Å²) in [5.41, 5.74) is 0.470. The van der Waals surface area contributed by atoms with Crippen molar-refractivity contribution in [2.24, 2.45) is 0 Å². The lowest BCUT2D eigenvalue weighted by Crippen LogP contribution is -2.06. The molecule has 0 radical (unpaired) electrons. The van der Waals surface area contributed by atoms with Crippen LogP contribution in [0.1, 0.15) is 92.4 Å². The predicted molar refractivity (Wildman–Crippen MR) is 130 cm³/mol. The molecule has 0 atom stereocenters. The molecule has 2 N–H and O–H groups in total. The zero-order valence-electron chi connectivity index (χ0n) is 19.9. The van der Waals surface area contributed by atoms with E-state index >= 15 is 0 Å². The molecular formula is C27H38O6. The minimum atomic E-state index is -0.454. The van der Waals surface area contributed by atoms with E-state index < -0.39 is 11.9 Å². The second kappa shape index (κ2) is 17.5. The SMILES string of the molecule is CCCCCCCCOC(=O)c1ccccc1O.CCCCCOC(=O)c1ccccc1O. The number of para-hydroxylation sites is 2. The molecule has 0 amide bonds. The third-order valence-electron chi connectivity index (χ3n) is 4.96. The van der Waals surface area contributed by atoms with Crippen LogP contribution in [0.15, 0.2) is 48.5 Å². The van der Waals surface area contributed by atoms with E-state index in [0.717, 1.165) is 32.1 Å². The maximum Gasteiger partial charge on any atom is 0.341 e. The Balaban J connectivity index is 0.000000335. The molecule has 2 rings (SSSR count). The summed E-state index contributed by atoms with van der Waals surface area (Å²) >= 11 is 0. The molecule has 6 nitrogen and oxygen atoms in total. The van der Waals surface area contributed by atoms with Gasteiger partial charge in [0.2, 0.25) is 0 Å². The van der Waals surface area contributed by atoms with Crippen molar-refractivity contribution in [3.8, 4) is 11.5 Å². The van der Waals surface area contributed by atoms with Crippen LogP contribution in [0.25, 0.3) is 0 Å². The molecule has 2 aromatic rings. The summed E-state index contributed by atoms with van der Waals surface area (Å²) in [5, 5.41) is 18.9. The van der Waals surface area contributed by atoms with E-state index in [9.17, 15) is 19.8 Å². The molecule has 0 saturated heterocycles. The van der Waals surface area contributed by atoms with Gasteiger partial charge >= 0.3 is 11.9 Å². The molecule has 0 unspecified atom stereocenters. The van der Waals surface area contributed by atoms with Crippen LogP contribution in [0.4, 0.5) is 0 Å². The van der Waals surface area contributed by atoms with Gasteiger partial charge in [0.1, 0.15) is 22.6 Å². The van der Waals surface area contributed by atoms with Crippen molar-refractivity contribution < 1.29 is 29.3 Å². The van der Waals surface area contributed by atoms with E-state index in [2.05, 4.69) is 13.8 Å². The number of rotatable bonds is 13. The van der Waals surface area contributed by atoms with Crippen molar-refractivity contribution in [1.29, 1.82) is 0 Å². The maximum absolute atomic E-state index is 11.6. The van der Waals surface area contributed by atoms with E-state index in [1.807, 2.05) is 0 Å². The van der Waals surface area contributed by atoms with Gasteiger partial charge in [-0.25, -0.2) is 9.59 Å². The average molecular weight is 459 g/mol. The van der Waals surface area contributed by atoms with E-state index in [0.29, 0.717) is 13.2 Å². The summed E-state index contributed by atoms with van der Waals surface area (Å²) in [7, 11) is 0. The molecule has 0 saturated carbocycles. The smallest absolute Gasteiger partial charge is 0.341 e. The van der Waals surface area contributed by atoms with Crippen LogP contribution in [0.3, 0.4) is 0 Å². The number of carbonyl (C=O) groups is 2. The largest absolute Gasteiger partial charge is 0.507 e. The van der Waals surface area contributed by atoms with Crippen molar-refractivity contribution in [3.63, 3.8) is 0 Å². The first-order valence-electron chi connectivity index (χ1n) is 11.9. The molecule has 0 aromatic heterocycles. The molecule has 182 valence electrons. The number of hydrogen-bond donors (Lipinski definition) is 2. The Morgan fingerprint density at radius 2 is 0.970 bits per heavy atom. The molecule has 0 bridgehead atoms. The van der Waals surface area contributed by atoms with Crippen LogP contribution < -0.4 is 0 Å². The van der Waals surface area contributed by atoms with Gasteiger partial charge in [0.05, 0.1) is 13.2 Å². The summed E-state index contributed by atoms with van der Waals surface area (Å²) in [6, 6.07) is 12.8. The molecule has 0 aliphatic heterocycles. The van der Waals surface area contributed by atoms with Gasteiger partial charge in [0.15, 0.2) is 0 Å². The van der Waals surface area contributed by atoms with Crippen molar-refractivity contribution in [3.05, 3.63) is 59.7 Å². The minimum absolute atomic E-state index is 0.0227. The summed E-state index contributed by atoms with van der Waals surface area (Å²) in [5.74, 6) is -0.950. The molecule has 33 heavy (non-hydrogen) atoms. The highest BCUT2D eigenvalue weighted by molar-refractivity contribution is 5.92. The van der Waals surface area contributed by atoms with Crippen molar-refractivity contribution in [2.75, 3.05) is 13.2 Å². The van der Waals surface area contributed by atoms with Gasteiger partial charge in [-0.15, -0.1) is 0 Å². The fourth-order valence-electron chi connectivity index (χ4n) is 3.01. The zero-order chi connectivity index (χ0) is 24.3. The minimum Gasteiger partial charge on any atom is -0.507 e. The van der Waals surface area contributed by atoms with Gasteiger partial charge in [-0.3, -0.25) is 0 Å². The quantitative estimate of drug-likeness (QED) is 0.258. The summed E-state index contributed by atoms with van der Waals surface area (Å²) < 4.78 is 10.1. The van der Waals surface area contributed by atoms with E-state index in [4.69, 9.17) is 9.47 Å². The number of hydrogen-bond acceptors (Lipinski definition) is 6. The monoisotopic (exact) mass is 458 g/mol. The topological polar surface area (TPSA) is 93.1 Å². The Kier molecular flexibility index (Phi) is 14.9. The van der Waals surface area contributed by atoms with Gasteiger partial charge in [0, 0.05) is 0 Å². The Morgan fingerprint density at radius 1 is 0.606 bits per heavy atom. The van der Waals surface area contributed by atoms with Crippen LogP contribution in [0.2, 0.25) is 0 Å². The lowest BCUT2D eigenvalue weighted by molar-refractivity contribution is 0.0485. The molecule has 0 heterocycles. The highest BCUT2D eigenvalue weighted by atomic mass is 16.5. The number of carbonyl (C=O) groups excluding carboxylic acids is 2. The van der Waals surface area contributed by atoms with Crippen LogP contribution in [0.5, 0.6) is 11.5 Å². The highest BCUT2D eigenvalue weighted by Gasteiger charge is 2.11. The number of phenols is 2. The normalized spacial score (nSPS) is 10.1. The predicted octanol–water partition coefficient (Wildman–Crippen LogP) is 6.65. The molecule has 0 aliphatic rings. The van der Waals surface area contributed by atoms with Crippen LogP contribution in [-0.4, -0.2) is 35.4 Å². The van der Waals surface area contributed by atoms with Crippen molar-refractivity contribution >= 4 is 11.9 Å². The molecule has 2 aromatic carbocycles. The van der Waals surface area contributed by atoms with E-state index in [1.165, 1.54) is 37.8 Å². The number of ether oxygens (including phenoxy) is 2. The highest BCUT2D eigenvalue weighted by Crippen LogP contribution is 2.17. The third-order valence-corrected chi connectivity index (χ3v) is 4.96. The van der Waals surface area contributed by atoms with Gasteiger partial charge < -0.3 is 19.7 Å². The summed E-state index contributed by atoms with van der Waals surface area (Å²) in [6.07, 6.45) is 9.96. The second-order valence-corrected chi connectivity index (χ2v) is 7.78. The fourth-order valence-corrected chi connectivity index (χ4v) is 3.01. The number of benzene rings is 2. The number of unbranched alkanes of at least 4 members (excludes halogenated alkanes) is 7. The zero-order valence-corrected chi connectivity index (χ0v) is 19.9. The molecular weight excluding hydrogens is 420 g/mol. The summed E-state index contributed by atoms with van der Waals surface area (Å²) in [4.78, 5) is 23.1. The second-order valence-electron chi connectivity index (χ2n) is 7.78. The van der Waals surface area contributed by atoms with E-state index in [-0.39, 0.29) is 22.6 Å². The first kappa shape index (κ1) is 28.0. The lowest BCUT2D eigenvalue weighted by atomic mass is 10.1. The Labute approximate surface area is 197 Å². The van der Waals surface area contributed by atoms with Gasteiger partial charge in [-0.05, 0) is 37.1 Å². The van der Waals surface area contributed by atoms with Gasteiger partial charge in [0.25, 0.3) is 0 Å². The van der Waals surface area contributed by atoms with Crippen LogP contribution in [-0.2, 0) is 9.47 Å². The number of aromatic hydroxyl groups is 2. The molecule has 6 heteroatoms. The van der Waals surface area contributed by atoms with Crippen LogP contribution in [0, 0.1) is 0 Å². The number of esters is 2. The third kappa shape index (κ3) is 12.0. The Morgan fingerprint density at radius 3 is 1.42 bits per heavy atom. The Hall–Kier alpha value is -3.02. The molecule has 0 aliphatic carbocycles. The van der Waals surface area contributed by atoms with Crippen molar-refractivity contribution in [2.45, 2.75) is 71.6 Å². The fraction of sp³-hybridized carbons (Fsp3) is 0.481. The summed E-state index contributed by atoms with van der Waals surface area (Å²) in [6.45, 7) is 5.12. The van der Waals surface area contributed by atoms with Crippen LogP contribution >= 0.6 is 0 Å². The van der Waals surface area contributed by atoms with Gasteiger partial charge in [-0.1, -0.05) is 83.1 Å². The standard InChI is InChI=1S/C15H22O3.C12H16O3/c1-2-3-4-5-6-9-12-18-15(17)13-10-7-8-11-14(13)16;1-2-3-6-9-15-12(14)10-7-4-5-8-11(10)13/h7-8,10-11,16H,2-6,9,12H2,1H3;4-5,7-8,13H,2-3,6,9H2,1H3. The van der Waals surface area contributed by atoms with Crippen molar-refractivity contribution in [1.82, 2.24) is 0 Å².